The fourth-order valence-electron chi connectivity index (χ4n) is 3.10. The van der Waals surface area contributed by atoms with Crippen LogP contribution in [0.3, 0.4) is 0 Å². The number of ketones is 1. The van der Waals surface area contributed by atoms with Gasteiger partial charge in [0, 0.05) is 18.5 Å². The summed E-state index contributed by atoms with van der Waals surface area (Å²) in [5.41, 5.74) is 0.0308. The lowest BCUT2D eigenvalue weighted by molar-refractivity contribution is -0.146. The second-order valence-corrected chi connectivity index (χ2v) is 7.25. The number of hydrogen-bond donors (Lipinski definition) is 0. The number of amides is 1. The number of methoxy groups -OCH3 is 1. The fourth-order valence-corrected chi connectivity index (χ4v) is 3.10. The van der Waals surface area contributed by atoms with E-state index in [4.69, 9.17) is 9.47 Å². The van der Waals surface area contributed by atoms with Crippen LogP contribution in [0.2, 0.25) is 0 Å². The molecule has 0 aromatic carbocycles. The van der Waals surface area contributed by atoms with Crippen LogP contribution in [0.15, 0.2) is 0 Å². The van der Waals surface area contributed by atoms with E-state index in [1.807, 2.05) is 0 Å². The minimum atomic E-state index is -0.472. The zero-order valence-electron chi connectivity index (χ0n) is 14.9. The average molecular weight is 327 g/mol. The van der Waals surface area contributed by atoms with Gasteiger partial charge in [-0.15, -0.1) is 0 Å². The van der Waals surface area contributed by atoms with E-state index in [0.29, 0.717) is 19.4 Å². The van der Waals surface area contributed by atoms with Gasteiger partial charge in [-0.25, -0.2) is 4.79 Å². The molecule has 0 aliphatic carbocycles. The standard InChI is InChI=1S/C17H29NO5/c1-6-23-15(20)10-14(19)12-7-8-18(16(21)22-5)13(9-12)11-17(2,3)4/h12-13H,6-11H2,1-5H3. The molecule has 2 atom stereocenters. The number of piperidine rings is 1. The summed E-state index contributed by atoms with van der Waals surface area (Å²) in [5.74, 6) is -0.764. The Balaban J connectivity index is 2.75. The first-order chi connectivity index (χ1) is 10.7. The molecule has 1 rings (SSSR count). The number of nitrogens with zero attached hydrogens (tertiary/aromatic N) is 1. The molecule has 1 amide bonds. The van der Waals surface area contributed by atoms with Gasteiger partial charge in [-0.1, -0.05) is 20.8 Å². The van der Waals surface area contributed by atoms with E-state index in [2.05, 4.69) is 20.8 Å². The van der Waals surface area contributed by atoms with Crippen molar-refractivity contribution < 1.29 is 23.9 Å². The molecule has 1 heterocycles. The number of esters is 1. The molecule has 0 bridgehead atoms. The van der Waals surface area contributed by atoms with Crippen molar-refractivity contribution in [3.8, 4) is 0 Å². The molecule has 1 aliphatic rings. The molecule has 1 fully saturated rings. The topological polar surface area (TPSA) is 72.9 Å². The Morgan fingerprint density at radius 1 is 1.22 bits per heavy atom. The lowest BCUT2D eigenvalue weighted by Gasteiger charge is -2.40. The van der Waals surface area contributed by atoms with Crippen LogP contribution >= 0.6 is 0 Å². The highest BCUT2D eigenvalue weighted by molar-refractivity contribution is 5.96. The van der Waals surface area contributed by atoms with Crippen molar-refractivity contribution in [2.24, 2.45) is 11.3 Å². The second-order valence-electron chi connectivity index (χ2n) is 7.25. The predicted molar refractivity (Wildman–Crippen MR) is 86.0 cm³/mol. The Kier molecular flexibility index (Phi) is 7.03. The summed E-state index contributed by atoms with van der Waals surface area (Å²) in [6.07, 6.45) is 1.39. The van der Waals surface area contributed by atoms with Crippen molar-refractivity contribution >= 4 is 17.8 Å². The lowest BCUT2D eigenvalue weighted by Crippen LogP contribution is -2.49. The van der Waals surface area contributed by atoms with Crippen molar-refractivity contribution in [1.29, 1.82) is 0 Å². The largest absolute Gasteiger partial charge is 0.466 e. The number of carbonyl (C=O) groups is 3. The van der Waals surface area contributed by atoms with Gasteiger partial charge in [-0.2, -0.15) is 0 Å². The van der Waals surface area contributed by atoms with E-state index < -0.39 is 5.97 Å². The highest BCUT2D eigenvalue weighted by Crippen LogP contribution is 2.33. The summed E-state index contributed by atoms with van der Waals surface area (Å²) in [4.78, 5) is 37.5. The Morgan fingerprint density at radius 3 is 2.39 bits per heavy atom. The number of ether oxygens (including phenoxy) is 2. The second kappa shape index (κ2) is 8.31. The summed E-state index contributed by atoms with van der Waals surface area (Å²) < 4.78 is 9.70. The van der Waals surface area contributed by atoms with Crippen molar-refractivity contribution in [2.45, 2.75) is 59.4 Å². The zero-order chi connectivity index (χ0) is 17.6. The summed E-state index contributed by atoms with van der Waals surface area (Å²) in [7, 11) is 1.37. The van der Waals surface area contributed by atoms with E-state index in [1.54, 1.807) is 11.8 Å². The number of likely N-dealkylation sites (tertiary alicyclic amines) is 1. The van der Waals surface area contributed by atoms with Crippen LogP contribution in [0.25, 0.3) is 0 Å². The molecule has 0 aromatic rings. The van der Waals surface area contributed by atoms with Crippen LogP contribution in [0.1, 0.15) is 53.4 Å². The van der Waals surface area contributed by atoms with Gasteiger partial charge in [0.2, 0.25) is 0 Å². The fraction of sp³-hybridized carbons (Fsp3) is 0.824. The molecular weight excluding hydrogens is 298 g/mol. The molecule has 0 N–H and O–H groups in total. The molecule has 1 aliphatic heterocycles. The molecule has 0 saturated carbocycles. The molecule has 132 valence electrons. The van der Waals surface area contributed by atoms with Crippen LogP contribution in [0.5, 0.6) is 0 Å². The van der Waals surface area contributed by atoms with Crippen molar-refractivity contribution in [2.75, 3.05) is 20.3 Å². The third kappa shape index (κ3) is 6.20. The lowest BCUT2D eigenvalue weighted by atomic mass is 9.79. The normalized spacial score (nSPS) is 21.7. The number of Topliss-reactive ketones (excluding diaryl/α,β-unsaturated/α-hetero) is 1. The maximum Gasteiger partial charge on any atom is 0.409 e. The van der Waals surface area contributed by atoms with E-state index >= 15 is 0 Å². The minimum Gasteiger partial charge on any atom is -0.466 e. The summed E-state index contributed by atoms with van der Waals surface area (Å²) in [5, 5.41) is 0. The van der Waals surface area contributed by atoms with Crippen LogP contribution in [0, 0.1) is 11.3 Å². The summed E-state index contributed by atoms with van der Waals surface area (Å²) in [6, 6.07) is -0.0488. The maximum absolute atomic E-state index is 12.3. The highest BCUT2D eigenvalue weighted by atomic mass is 16.5. The van der Waals surface area contributed by atoms with Crippen molar-refractivity contribution in [3.63, 3.8) is 0 Å². The first-order valence-corrected chi connectivity index (χ1v) is 8.21. The van der Waals surface area contributed by atoms with Gasteiger partial charge < -0.3 is 14.4 Å². The molecular formula is C17H29NO5. The SMILES string of the molecule is CCOC(=O)CC(=O)C1CCN(C(=O)OC)C(CC(C)(C)C)C1. The Morgan fingerprint density at radius 2 is 1.87 bits per heavy atom. The predicted octanol–water partition coefficient (Wildman–Crippen LogP) is 2.79. The third-order valence-electron chi connectivity index (χ3n) is 4.05. The van der Waals surface area contributed by atoms with E-state index in [-0.39, 0.29) is 42.3 Å². The molecule has 23 heavy (non-hydrogen) atoms. The Hall–Kier alpha value is -1.59. The van der Waals surface area contributed by atoms with E-state index in [1.165, 1.54) is 7.11 Å². The molecule has 1 saturated heterocycles. The van der Waals surface area contributed by atoms with Crippen LogP contribution in [-0.2, 0) is 19.1 Å². The number of hydrogen-bond acceptors (Lipinski definition) is 5. The molecule has 0 aromatic heterocycles. The van der Waals surface area contributed by atoms with Crippen LogP contribution in [0.4, 0.5) is 4.79 Å². The minimum absolute atomic E-state index is 0.0308. The smallest absolute Gasteiger partial charge is 0.409 e. The quantitative estimate of drug-likeness (QED) is 0.573. The molecule has 0 radical (unpaired) electrons. The molecule has 2 unspecified atom stereocenters. The van der Waals surface area contributed by atoms with Gasteiger partial charge in [-0.05, 0) is 31.6 Å². The van der Waals surface area contributed by atoms with Crippen LogP contribution < -0.4 is 0 Å². The maximum atomic E-state index is 12.3. The monoisotopic (exact) mass is 327 g/mol. The summed E-state index contributed by atoms with van der Waals surface area (Å²) in [6.45, 7) is 8.79. The molecule has 6 nitrogen and oxygen atoms in total. The molecule has 6 heteroatoms. The van der Waals surface area contributed by atoms with Gasteiger partial charge in [0.15, 0.2) is 0 Å². The van der Waals surface area contributed by atoms with Gasteiger partial charge in [0.05, 0.1) is 13.7 Å². The van der Waals surface area contributed by atoms with Crippen molar-refractivity contribution in [1.82, 2.24) is 4.90 Å². The molecule has 0 spiro atoms. The van der Waals surface area contributed by atoms with E-state index in [0.717, 1.165) is 6.42 Å². The van der Waals surface area contributed by atoms with Gasteiger partial charge in [0.25, 0.3) is 0 Å². The number of carbonyl (C=O) groups excluding carboxylic acids is 3. The highest BCUT2D eigenvalue weighted by Gasteiger charge is 2.37. The Labute approximate surface area is 138 Å². The first-order valence-electron chi connectivity index (χ1n) is 8.21. The third-order valence-corrected chi connectivity index (χ3v) is 4.05. The van der Waals surface area contributed by atoms with Gasteiger partial charge in [-0.3, -0.25) is 9.59 Å². The van der Waals surface area contributed by atoms with Crippen molar-refractivity contribution in [3.05, 3.63) is 0 Å². The Bertz CT molecular complexity index is 441. The van der Waals surface area contributed by atoms with E-state index in [9.17, 15) is 14.4 Å². The zero-order valence-corrected chi connectivity index (χ0v) is 14.9. The van der Waals surface area contributed by atoms with Gasteiger partial charge in [0.1, 0.15) is 12.2 Å². The summed E-state index contributed by atoms with van der Waals surface area (Å²) >= 11 is 0. The number of rotatable bonds is 5. The van der Waals surface area contributed by atoms with Gasteiger partial charge >= 0.3 is 12.1 Å². The average Bonchev–Trinajstić information content (AvgIpc) is 2.44. The van der Waals surface area contributed by atoms with Crippen LogP contribution in [-0.4, -0.2) is 49.0 Å². The first kappa shape index (κ1) is 19.5.